The van der Waals surface area contributed by atoms with E-state index in [1.807, 2.05) is 6.92 Å². The highest BCUT2D eigenvalue weighted by atomic mass is 35.5. The zero-order chi connectivity index (χ0) is 20.3. The van der Waals surface area contributed by atoms with Gasteiger partial charge in [0.15, 0.2) is 0 Å². The first-order valence-corrected chi connectivity index (χ1v) is 11.7. The Kier molecular flexibility index (Phi) is 6.30. The van der Waals surface area contributed by atoms with Crippen molar-refractivity contribution in [3.63, 3.8) is 0 Å². The summed E-state index contributed by atoms with van der Waals surface area (Å²) >= 11 is 6.22. The van der Waals surface area contributed by atoms with E-state index in [1.54, 1.807) is 0 Å². The van der Waals surface area contributed by atoms with Crippen LogP contribution in [0.2, 0.25) is 5.02 Å². The van der Waals surface area contributed by atoms with Crippen molar-refractivity contribution in [3.8, 4) is 0 Å². The number of hydrogen-bond donors (Lipinski definition) is 2. The SMILES string of the molecule is CC[C@H](NC(=O)c1ccc(NS(C)(=O)=O)cc1Cl)c1ccc2c(c1)CCCC2. The molecule has 1 amide bonds. The second-order valence-electron chi connectivity index (χ2n) is 7.24. The molecule has 1 aliphatic carbocycles. The standard InChI is InChI=1S/C21H25ClN2O3S/c1-3-20(16-9-8-14-6-4-5-7-15(14)12-16)23-21(25)18-11-10-17(13-19(18)22)24-28(2,26)27/h8-13,20,24H,3-7H2,1-2H3,(H,23,25)/t20-/m0/s1. The Morgan fingerprint density at radius 2 is 1.82 bits per heavy atom. The second-order valence-corrected chi connectivity index (χ2v) is 9.39. The molecule has 0 saturated heterocycles. The van der Waals surface area contributed by atoms with Crippen LogP contribution in [0, 0.1) is 0 Å². The number of nitrogens with one attached hydrogen (secondary N) is 2. The van der Waals surface area contributed by atoms with Gasteiger partial charge in [-0.05, 0) is 67.0 Å². The number of aryl methyl sites for hydroxylation is 2. The molecule has 2 N–H and O–H groups in total. The van der Waals surface area contributed by atoms with Crippen LogP contribution in [0.3, 0.4) is 0 Å². The maximum atomic E-state index is 12.8. The van der Waals surface area contributed by atoms with E-state index in [9.17, 15) is 13.2 Å². The summed E-state index contributed by atoms with van der Waals surface area (Å²) in [5.41, 5.74) is 4.53. The molecule has 0 fully saturated rings. The predicted octanol–water partition coefficient (Wildman–Crippen LogP) is 4.47. The van der Waals surface area contributed by atoms with Crippen LogP contribution in [-0.2, 0) is 22.9 Å². The maximum Gasteiger partial charge on any atom is 0.253 e. The van der Waals surface area contributed by atoms with Gasteiger partial charge in [-0.3, -0.25) is 9.52 Å². The van der Waals surface area contributed by atoms with Gasteiger partial charge in [-0.2, -0.15) is 0 Å². The first-order chi connectivity index (χ1) is 13.3. The molecular weight excluding hydrogens is 396 g/mol. The van der Waals surface area contributed by atoms with E-state index < -0.39 is 10.0 Å². The summed E-state index contributed by atoms with van der Waals surface area (Å²) in [6, 6.07) is 10.9. The molecule has 150 valence electrons. The summed E-state index contributed by atoms with van der Waals surface area (Å²) in [7, 11) is -3.40. The predicted molar refractivity (Wildman–Crippen MR) is 114 cm³/mol. The Morgan fingerprint density at radius 3 is 2.46 bits per heavy atom. The third-order valence-corrected chi connectivity index (χ3v) is 5.92. The lowest BCUT2D eigenvalue weighted by molar-refractivity contribution is 0.0935. The van der Waals surface area contributed by atoms with Crippen LogP contribution < -0.4 is 10.0 Å². The monoisotopic (exact) mass is 420 g/mol. The summed E-state index contributed by atoms with van der Waals surface area (Å²) in [6.45, 7) is 2.03. The van der Waals surface area contributed by atoms with Crippen LogP contribution in [0.15, 0.2) is 36.4 Å². The zero-order valence-electron chi connectivity index (χ0n) is 16.1. The van der Waals surface area contributed by atoms with Crippen LogP contribution in [-0.4, -0.2) is 20.6 Å². The summed E-state index contributed by atoms with van der Waals surface area (Å²) in [5, 5.41) is 3.25. The van der Waals surface area contributed by atoms with E-state index in [-0.39, 0.29) is 17.0 Å². The number of hydrogen-bond acceptors (Lipinski definition) is 3. The van der Waals surface area contributed by atoms with Crippen molar-refractivity contribution in [3.05, 3.63) is 63.7 Å². The number of rotatable bonds is 6. The van der Waals surface area contributed by atoms with Gasteiger partial charge in [0, 0.05) is 5.69 Å². The van der Waals surface area contributed by atoms with Crippen molar-refractivity contribution in [2.24, 2.45) is 0 Å². The van der Waals surface area contributed by atoms with Crippen LogP contribution >= 0.6 is 11.6 Å². The van der Waals surface area contributed by atoms with Gasteiger partial charge in [0.05, 0.1) is 22.9 Å². The molecule has 28 heavy (non-hydrogen) atoms. The van der Waals surface area contributed by atoms with E-state index in [1.165, 1.54) is 42.2 Å². The quantitative estimate of drug-likeness (QED) is 0.723. The van der Waals surface area contributed by atoms with Crippen molar-refractivity contribution in [1.82, 2.24) is 5.32 Å². The lowest BCUT2D eigenvalue weighted by Crippen LogP contribution is -2.28. The van der Waals surface area contributed by atoms with Crippen LogP contribution in [0.1, 0.15) is 59.3 Å². The number of fused-ring (bicyclic) bond motifs is 1. The normalized spacial score (nSPS) is 14.8. The van der Waals surface area contributed by atoms with Crippen LogP contribution in [0.25, 0.3) is 0 Å². The van der Waals surface area contributed by atoms with Crippen molar-refractivity contribution in [2.75, 3.05) is 11.0 Å². The summed E-state index contributed by atoms with van der Waals surface area (Å²) in [4.78, 5) is 12.8. The highest BCUT2D eigenvalue weighted by molar-refractivity contribution is 7.92. The molecule has 5 nitrogen and oxygen atoms in total. The number of carbonyl (C=O) groups is 1. The molecule has 2 aromatic carbocycles. The van der Waals surface area contributed by atoms with Gasteiger partial charge in [0.2, 0.25) is 10.0 Å². The smallest absolute Gasteiger partial charge is 0.253 e. The lowest BCUT2D eigenvalue weighted by atomic mass is 9.88. The molecule has 1 atom stereocenters. The first-order valence-electron chi connectivity index (χ1n) is 9.46. The van der Waals surface area contributed by atoms with Gasteiger partial charge >= 0.3 is 0 Å². The number of amides is 1. The minimum absolute atomic E-state index is 0.107. The summed E-state index contributed by atoms with van der Waals surface area (Å²) in [5.74, 6) is -0.277. The largest absolute Gasteiger partial charge is 0.345 e. The Morgan fingerprint density at radius 1 is 1.11 bits per heavy atom. The third-order valence-electron chi connectivity index (χ3n) is 5.01. The molecule has 0 radical (unpaired) electrons. The van der Waals surface area contributed by atoms with Crippen LogP contribution in [0.5, 0.6) is 0 Å². The van der Waals surface area contributed by atoms with Crippen molar-refractivity contribution >= 4 is 33.2 Å². The molecule has 7 heteroatoms. The third kappa shape index (κ3) is 5.06. The Labute approximate surface area is 171 Å². The lowest BCUT2D eigenvalue weighted by Gasteiger charge is -2.22. The molecule has 0 aromatic heterocycles. The molecular formula is C21H25ClN2O3S. The molecule has 1 aliphatic rings. The summed E-state index contributed by atoms with van der Waals surface area (Å²) < 4.78 is 25.0. The fourth-order valence-electron chi connectivity index (χ4n) is 3.60. The Hall–Kier alpha value is -2.05. The Balaban J connectivity index is 1.77. The van der Waals surface area contributed by atoms with E-state index in [0.29, 0.717) is 11.3 Å². The molecule has 0 bridgehead atoms. The number of carbonyl (C=O) groups excluding carboxylic acids is 1. The van der Waals surface area contributed by atoms with E-state index in [4.69, 9.17) is 11.6 Å². The molecule has 3 rings (SSSR count). The second kappa shape index (κ2) is 8.53. The number of benzene rings is 2. The van der Waals surface area contributed by atoms with Crippen molar-refractivity contribution < 1.29 is 13.2 Å². The number of anilines is 1. The van der Waals surface area contributed by atoms with Gasteiger partial charge in [0.1, 0.15) is 0 Å². The molecule has 0 saturated carbocycles. The van der Waals surface area contributed by atoms with Crippen molar-refractivity contribution in [2.45, 2.75) is 45.1 Å². The number of halogens is 1. The molecule has 0 heterocycles. The maximum absolute atomic E-state index is 12.8. The van der Waals surface area contributed by atoms with E-state index in [2.05, 4.69) is 28.2 Å². The van der Waals surface area contributed by atoms with Gasteiger partial charge in [-0.1, -0.05) is 36.7 Å². The molecule has 0 spiro atoms. The van der Waals surface area contributed by atoms with Gasteiger partial charge < -0.3 is 5.32 Å². The first kappa shape index (κ1) is 20.7. The highest BCUT2D eigenvalue weighted by Gasteiger charge is 2.19. The topological polar surface area (TPSA) is 75.3 Å². The average molecular weight is 421 g/mol. The molecule has 0 aliphatic heterocycles. The fourth-order valence-corrected chi connectivity index (χ4v) is 4.43. The van der Waals surface area contributed by atoms with E-state index >= 15 is 0 Å². The van der Waals surface area contributed by atoms with Crippen LogP contribution in [0.4, 0.5) is 5.69 Å². The Bertz CT molecular complexity index is 989. The average Bonchev–Trinajstić information content (AvgIpc) is 2.64. The zero-order valence-corrected chi connectivity index (χ0v) is 17.7. The highest BCUT2D eigenvalue weighted by Crippen LogP contribution is 2.27. The van der Waals surface area contributed by atoms with E-state index in [0.717, 1.165) is 31.1 Å². The van der Waals surface area contributed by atoms with Gasteiger partial charge in [0.25, 0.3) is 5.91 Å². The van der Waals surface area contributed by atoms with Gasteiger partial charge in [-0.15, -0.1) is 0 Å². The van der Waals surface area contributed by atoms with Gasteiger partial charge in [-0.25, -0.2) is 8.42 Å². The number of sulfonamides is 1. The van der Waals surface area contributed by atoms with Crippen molar-refractivity contribution in [1.29, 1.82) is 0 Å². The molecule has 0 unspecified atom stereocenters. The minimum atomic E-state index is -3.40. The molecule has 2 aromatic rings. The summed E-state index contributed by atoms with van der Waals surface area (Å²) in [6.07, 6.45) is 6.49. The minimum Gasteiger partial charge on any atom is -0.345 e. The fraction of sp³-hybridized carbons (Fsp3) is 0.381.